The molecule has 1 aromatic heterocycles. The van der Waals surface area contributed by atoms with Crippen LogP contribution in [0.3, 0.4) is 0 Å². The van der Waals surface area contributed by atoms with E-state index in [1.54, 1.807) is 4.80 Å². The third kappa shape index (κ3) is 5.84. The minimum atomic E-state index is -0.189. The predicted molar refractivity (Wildman–Crippen MR) is 89.1 cm³/mol. The normalized spacial score (nSPS) is 13.1. The van der Waals surface area contributed by atoms with Gasteiger partial charge in [-0.3, -0.25) is 4.79 Å². The smallest absolute Gasteiger partial charge is 0.307 e. The largest absolute Gasteiger partial charge is 0.466 e. The van der Waals surface area contributed by atoms with Crippen molar-refractivity contribution < 1.29 is 9.53 Å². The zero-order valence-electron chi connectivity index (χ0n) is 14.1. The summed E-state index contributed by atoms with van der Waals surface area (Å²) in [6, 6.07) is 0. The molecule has 1 heterocycles. The zero-order valence-corrected chi connectivity index (χ0v) is 14.1. The second-order valence-electron chi connectivity index (χ2n) is 4.97. The van der Waals surface area contributed by atoms with Crippen molar-refractivity contribution in [2.24, 2.45) is 5.92 Å². The molecular weight excluding hydrogens is 278 g/mol. The average molecular weight is 305 g/mol. The maximum atomic E-state index is 11.5. The topological polar surface area (TPSA) is 57.0 Å². The van der Waals surface area contributed by atoms with Crippen LogP contribution in [-0.2, 0) is 16.1 Å². The zero-order chi connectivity index (χ0) is 16.4. The first-order valence-corrected chi connectivity index (χ1v) is 8.16. The van der Waals surface area contributed by atoms with Crippen LogP contribution in [-0.4, -0.2) is 27.6 Å². The molecule has 1 aromatic rings. The first kappa shape index (κ1) is 18.1. The van der Waals surface area contributed by atoms with Crippen molar-refractivity contribution >= 4 is 18.1 Å². The van der Waals surface area contributed by atoms with Gasteiger partial charge in [-0.05, 0) is 24.5 Å². The van der Waals surface area contributed by atoms with Crippen LogP contribution in [0.15, 0.2) is 12.2 Å². The Labute approximate surface area is 133 Å². The van der Waals surface area contributed by atoms with Gasteiger partial charge in [-0.1, -0.05) is 46.3 Å². The van der Waals surface area contributed by atoms with Gasteiger partial charge in [-0.25, -0.2) is 0 Å². The number of esters is 1. The van der Waals surface area contributed by atoms with Gasteiger partial charge in [0, 0.05) is 0 Å². The van der Waals surface area contributed by atoms with E-state index in [4.69, 9.17) is 4.74 Å². The lowest BCUT2D eigenvalue weighted by atomic mass is 10.2. The molecule has 5 nitrogen and oxygen atoms in total. The first-order valence-electron chi connectivity index (χ1n) is 8.16. The highest BCUT2D eigenvalue weighted by atomic mass is 16.5. The van der Waals surface area contributed by atoms with E-state index in [0.717, 1.165) is 24.2 Å². The standard InChI is InChI=1S/C15H21N3O2.C2H6/c1-3-4-11-20-15(19)9-10-18-16-13-7-5-12(2)6-8-14(13)17-18;1-2/h5-8,12H,3-4,9-11H2,1-2H3;1-2H3. The minimum absolute atomic E-state index is 0.189. The molecule has 0 atom stereocenters. The molecule has 0 N–H and O–H groups in total. The molecule has 22 heavy (non-hydrogen) atoms. The Balaban J connectivity index is 0.00000116. The molecular formula is C17H27N3O2. The number of allylic oxidation sites excluding steroid dienone is 2. The molecule has 0 aliphatic heterocycles. The summed E-state index contributed by atoms with van der Waals surface area (Å²) in [4.78, 5) is 13.1. The predicted octanol–water partition coefficient (Wildman–Crippen LogP) is 3.71. The maximum Gasteiger partial charge on any atom is 0.307 e. The summed E-state index contributed by atoms with van der Waals surface area (Å²) in [5.74, 6) is 0.207. The van der Waals surface area contributed by atoms with Gasteiger partial charge in [0.15, 0.2) is 0 Å². The van der Waals surface area contributed by atoms with E-state index in [2.05, 4.69) is 36.2 Å². The molecule has 0 unspecified atom stereocenters. The molecule has 2 rings (SSSR count). The van der Waals surface area contributed by atoms with Crippen molar-refractivity contribution in [1.82, 2.24) is 15.0 Å². The van der Waals surface area contributed by atoms with Crippen molar-refractivity contribution in [1.29, 1.82) is 0 Å². The lowest BCUT2D eigenvalue weighted by Gasteiger charge is -2.03. The van der Waals surface area contributed by atoms with Crippen molar-refractivity contribution in [2.75, 3.05) is 6.61 Å². The van der Waals surface area contributed by atoms with E-state index in [-0.39, 0.29) is 5.97 Å². The van der Waals surface area contributed by atoms with E-state index < -0.39 is 0 Å². The van der Waals surface area contributed by atoms with E-state index in [9.17, 15) is 4.79 Å². The fourth-order valence-corrected chi connectivity index (χ4v) is 1.85. The number of carbonyl (C=O) groups excluding carboxylic acids is 1. The van der Waals surface area contributed by atoms with Gasteiger partial charge in [0.1, 0.15) is 11.4 Å². The lowest BCUT2D eigenvalue weighted by molar-refractivity contribution is -0.144. The van der Waals surface area contributed by atoms with Gasteiger partial charge in [-0.15, -0.1) is 0 Å². The van der Waals surface area contributed by atoms with Crippen LogP contribution < -0.4 is 0 Å². The quantitative estimate of drug-likeness (QED) is 0.594. The van der Waals surface area contributed by atoms with Crippen LogP contribution in [0, 0.1) is 5.92 Å². The summed E-state index contributed by atoms with van der Waals surface area (Å²) in [5.41, 5.74) is 1.70. The summed E-state index contributed by atoms with van der Waals surface area (Å²) in [7, 11) is 0. The summed E-state index contributed by atoms with van der Waals surface area (Å²) in [6.45, 7) is 9.13. The molecule has 0 saturated heterocycles. The number of rotatable bonds is 6. The van der Waals surface area contributed by atoms with E-state index in [1.165, 1.54) is 0 Å². The Kier molecular flexibility index (Phi) is 8.18. The number of hydrogen-bond acceptors (Lipinski definition) is 4. The second kappa shape index (κ2) is 9.92. The fourth-order valence-electron chi connectivity index (χ4n) is 1.85. The van der Waals surface area contributed by atoms with Crippen molar-refractivity contribution in [3.05, 3.63) is 23.5 Å². The van der Waals surface area contributed by atoms with Crippen LogP contribution in [0.5, 0.6) is 0 Å². The maximum absolute atomic E-state index is 11.5. The van der Waals surface area contributed by atoms with Gasteiger partial charge < -0.3 is 4.74 Å². The van der Waals surface area contributed by atoms with Crippen LogP contribution in [0.25, 0.3) is 12.2 Å². The molecule has 122 valence electrons. The minimum Gasteiger partial charge on any atom is -0.466 e. The molecule has 1 aliphatic carbocycles. The molecule has 0 radical (unpaired) electrons. The number of aryl methyl sites for hydroxylation is 1. The number of ether oxygens (including phenoxy) is 1. The molecule has 0 fully saturated rings. The summed E-state index contributed by atoms with van der Waals surface area (Å²) < 4.78 is 5.10. The van der Waals surface area contributed by atoms with Gasteiger partial charge in [-0.2, -0.15) is 15.0 Å². The second-order valence-corrected chi connectivity index (χ2v) is 4.97. The van der Waals surface area contributed by atoms with Gasteiger partial charge in [0.2, 0.25) is 0 Å². The Morgan fingerprint density at radius 2 is 1.82 bits per heavy atom. The third-order valence-corrected chi connectivity index (χ3v) is 3.10. The molecule has 0 bridgehead atoms. The van der Waals surface area contributed by atoms with Crippen LogP contribution in [0.1, 0.15) is 58.3 Å². The Morgan fingerprint density at radius 3 is 2.36 bits per heavy atom. The lowest BCUT2D eigenvalue weighted by Crippen LogP contribution is -2.11. The van der Waals surface area contributed by atoms with Gasteiger partial charge in [0.25, 0.3) is 0 Å². The van der Waals surface area contributed by atoms with Crippen LogP contribution in [0.4, 0.5) is 0 Å². The molecule has 0 spiro atoms. The number of aromatic nitrogens is 3. The highest BCUT2D eigenvalue weighted by Crippen LogP contribution is 2.16. The van der Waals surface area contributed by atoms with Crippen molar-refractivity contribution in [3.8, 4) is 0 Å². The highest BCUT2D eigenvalue weighted by molar-refractivity contribution is 5.69. The fraction of sp³-hybridized carbons (Fsp3) is 0.588. The van der Waals surface area contributed by atoms with Crippen LogP contribution in [0.2, 0.25) is 0 Å². The van der Waals surface area contributed by atoms with E-state index >= 15 is 0 Å². The Morgan fingerprint density at radius 1 is 1.23 bits per heavy atom. The summed E-state index contributed by atoms with van der Waals surface area (Å²) >= 11 is 0. The highest BCUT2D eigenvalue weighted by Gasteiger charge is 2.10. The van der Waals surface area contributed by atoms with Gasteiger partial charge >= 0.3 is 5.97 Å². The monoisotopic (exact) mass is 305 g/mol. The number of carbonyl (C=O) groups is 1. The van der Waals surface area contributed by atoms with E-state index in [1.807, 2.05) is 26.0 Å². The Bertz CT molecular complexity index is 486. The molecule has 0 saturated carbocycles. The summed E-state index contributed by atoms with van der Waals surface area (Å²) in [5, 5.41) is 8.75. The Hall–Kier alpha value is -1.91. The van der Waals surface area contributed by atoms with Crippen molar-refractivity contribution in [2.45, 2.75) is 53.5 Å². The number of nitrogens with zero attached hydrogens (tertiary/aromatic N) is 3. The average Bonchev–Trinajstić information content (AvgIpc) is 2.85. The SMILES string of the molecule is CC.CCCCOC(=O)CCn1nc2c(n1)C=CC(C)C=C2. The number of unbranched alkanes of at least 4 members (excludes halogenated alkanes) is 1. The molecule has 1 aliphatic rings. The summed E-state index contributed by atoms with van der Waals surface area (Å²) in [6.07, 6.45) is 10.4. The number of hydrogen-bond donors (Lipinski definition) is 0. The molecule has 0 aromatic carbocycles. The third-order valence-electron chi connectivity index (χ3n) is 3.10. The first-order chi connectivity index (χ1) is 10.7. The van der Waals surface area contributed by atoms with E-state index in [0.29, 0.717) is 25.5 Å². The molecule has 5 heteroatoms. The van der Waals surface area contributed by atoms with Crippen LogP contribution >= 0.6 is 0 Å². The van der Waals surface area contributed by atoms with Crippen molar-refractivity contribution in [3.63, 3.8) is 0 Å². The van der Waals surface area contributed by atoms with Gasteiger partial charge in [0.05, 0.1) is 19.6 Å². The molecule has 0 amide bonds. The number of fused-ring (bicyclic) bond motifs is 1.